The van der Waals surface area contributed by atoms with Crippen LogP contribution in [0, 0.1) is 10.1 Å². The number of nitrogens with one attached hydrogen (secondary N) is 1. The molecular formula is C21H27N3O6S. The standard InChI is InChI=1S/C21H27N3O6S/c1-21(2,3)30-20(25)23(16-17-10-5-4-6-11-17)15-9-14-22-31(28,29)19-13-8-7-12-18(19)24(26)27/h4-8,10-13,22H,9,14-16H2,1-3H3/i9D,14D2,15D/t9-,15-/m0/s1. The van der Waals surface area contributed by atoms with E-state index in [9.17, 15) is 23.3 Å². The Balaban J connectivity index is 2.36. The van der Waals surface area contributed by atoms with Crippen molar-refractivity contribution >= 4 is 21.8 Å². The summed E-state index contributed by atoms with van der Waals surface area (Å²) in [7, 11) is -4.81. The van der Waals surface area contributed by atoms with Crippen molar-refractivity contribution in [3.05, 3.63) is 70.3 Å². The summed E-state index contributed by atoms with van der Waals surface area (Å²) in [6.07, 6.45) is -3.15. The van der Waals surface area contributed by atoms with Crippen LogP contribution in [0.3, 0.4) is 0 Å². The van der Waals surface area contributed by atoms with Crippen molar-refractivity contribution in [1.82, 2.24) is 9.62 Å². The van der Waals surface area contributed by atoms with E-state index in [1.165, 1.54) is 12.1 Å². The molecule has 1 N–H and O–H groups in total. The van der Waals surface area contributed by atoms with Crippen LogP contribution in [0.25, 0.3) is 0 Å². The van der Waals surface area contributed by atoms with E-state index in [4.69, 9.17) is 10.2 Å². The van der Waals surface area contributed by atoms with Crippen molar-refractivity contribution in [2.75, 3.05) is 13.0 Å². The van der Waals surface area contributed by atoms with Gasteiger partial charge in [0.25, 0.3) is 5.69 Å². The average molecular weight is 454 g/mol. The molecule has 0 aromatic heterocycles. The number of hydrogen-bond donors (Lipinski definition) is 1. The van der Waals surface area contributed by atoms with Gasteiger partial charge in [-0.1, -0.05) is 42.5 Å². The van der Waals surface area contributed by atoms with Crippen molar-refractivity contribution in [3.63, 3.8) is 0 Å². The highest BCUT2D eigenvalue weighted by Crippen LogP contribution is 2.22. The first-order chi connectivity index (χ1) is 16.0. The maximum atomic E-state index is 12.8. The molecule has 0 aliphatic rings. The van der Waals surface area contributed by atoms with Crippen LogP contribution >= 0.6 is 0 Å². The Morgan fingerprint density at radius 2 is 1.77 bits per heavy atom. The SMILES string of the molecule is [2H][C@H]([C@H]([2H])N(Cc1ccccc1)C(=O)OC(C)(C)C)C([2H])([2H])NS(=O)(=O)c1ccccc1[N+](=O)[O-]. The van der Waals surface area contributed by atoms with E-state index in [0.717, 1.165) is 17.0 Å². The fourth-order valence-corrected chi connectivity index (χ4v) is 3.42. The second-order valence-corrected chi connectivity index (χ2v) is 9.04. The number of carbonyl (C=O) groups is 1. The molecule has 2 aromatic rings. The molecule has 0 saturated heterocycles. The smallest absolute Gasteiger partial charge is 0.410 e. The minimum atomic E-state index is -4.81. The van der Waals surface area contributed by atoms with Crippen LogP contribution in [0.4, 0.5) is 10.5 Å². The summed E-state index contributed by atoms with van der Waals surface area (Å²) in [4.78, 5) is 23.1. The number of nitrogens with zero attached hydrogens (tertiary/aromatic N) is 2. The lowest BCUT2D eigenvalue weighted by Gasteiger charge is -2.27. The molecule has 10 heteroatoms. The number of rotatable bonds is 9. The zero-order valence-corrected chi connectivity index (χ0v) is 18.1. The highest BCUT2D eigenvalue weighted by atomic mass is 32.2. The molecule has 2 rings (SSSR count). The summed E-state index contributed by atoms with van der Waals surface area (Å²) >= 11 is 0. The zero-order valence-electron chi connectivity index (χ0n) is 21.3. The molecule has 2 aromatic carbocycles. The van der Waals surface area contributed by atoms with Gasteiger partial charge in [-0.15, -0.1) is 0 Å². The lowest BCUT2D eigenvalue weighted by Crippen LogP contribution is -2.38. The topological polar surface area (TPSA) is 119 Å². The number of hydrogen-bond acceptors (Lipinski definition) is 6. The van der Waals surface area contributed by atoms with Gasteiger partial charge in [-0.3, -0.25) is 10.1 Å². The summed E-state index contributed by atoms with van der Waals surface area (Å²) in [5, 5.41) is 11.2. The molecule has 0 fully saturated rings. The first kappa shape index (κ1) is 18.8. The van der Waals surface area contributed by atoms with Gasteiger partial charge in [-0.05, 0) is 38.8 Å². The number of amides is 1. The van der Waals surface area contributed by atoms with Crippen molar-refractivity contribution in [3.8, 4) is 0 Å². The third-order valence-corrected chi connectivity index (χ3v) is 5.02. The summed E-state index contributed by atoms with van der Waals surface area (Å²) < 4.78 is 65.6. The maximum absolute atomic E-state index is 12.8. The maximum Gasteiger partial charge on any atom is 0.410 e. The monoisotopic (exact) mass is 453 g/mol. The lowest BCUT2D eigenvalue weighted by atomic mass is 10.2. The van der Waals surface area contributed by atoms with Crippen molar-refractivity contribution in [2.45, 2.75) is 44.2 Å². The summed E-state index contributed by atoms with van der Waals surface area (Å²) in [6, 6.07) is 12.8. The van der Waals surface area contributed by atoms with Gasteiger partial charge >= 0.3 is 6.09 Å². The third-order valence-electron chi connectivity index (χ3n) is 3.71. The van der Waals surface area contributed by atoms with E-state index < -0.39 is 56.6 Å². The number of para-hydroxylation sites is 1. The molecular weight excluding hydrogens is 422 g/mol. The molecule has 0 aliphatic carbocycles. The number of carbonyl (C=O) groups excluding carboxylic acids is 1. The number of nitro benzene ring substituents is 1. The van der Waals surface area contributed by atoms with Crippen LogP contribution in [-0.2, 0) is 21.3 Å². The second kappa shape index (κ2) is 10.4. The number of sulfonamides is 1. The Hall–Kier alpha value is -2.98. The fraction of sp³-hybridized carbons (Fsp3) is 0.381. The Morgan fingerprint density at radius 1 is 1.16 bits per heavy atom. The number of nitro groups is 1. The van der Waals surface area contributed by atoms with Crippen LogP contribution in [0.1, 0.15) is 38.2 Å². The Kier molecular flexibility index (Phi) is 6.27. The van der Waals surface area contributed by atoms with E-state index in [1.54, 1.807) is 55.8 Å². The molecule has 168 valence electrons. The molecule has 9 nitrogen and oxygen atoms in total. The van der Waals surface area contributed by atoms with Crippen LogP contribution in [0.15, 0.2) is 59.5 Å². The number of ether oxygens (including phenoxy) is 1. The van der Waals surface area contributed by atoms with Gasteiger partial charge in [0.2, 0.25) is 10.0 Å². The minimum absolute atomic E-state index is 0.202. The molecule has 31 heavy (non-hydrogen) atoms. The van der Waals surface area contributed by atoms with Crippen LogP contribution in [0.2, 0.25) is 0 Å². The van der Waals surface area contributed by atoms with Gasteiger partial charge in [0, 0.05) is 31.1 Å². The molecule has 0 spiro atoms. The highest BCUT2D eigenvalue weighted by Gasteiger charge is 2.25. The third kappa shape index (κ3) is 7.65. The molecule has 2 atom stereocenters. The molecule has 0 aliphatic heterocycles. The van der Waals surface area contributed by atoms with E-state index >= 15 is 0 Å². The van der Waals surface area contributed by atoms with Crippen molar-refractivity contribution in [2.24, 2.45) is 0 Å². The van der Waals surface area contributed by atoms with Gasteiger partial charge in [0.1, 0.15) is 5.60 Å². The first-order valence-electron chi connectivity index (χ1n) is 11.4. The summed E-state index contributed by atoms with van der Waals surface area (Å²) in [6.45, 7) is -0.402. The van der Waals surface area contributed by atoms with E-state index in [0.29, 0.717) is 5.56 Å². The van der Waals surface area contributed by atoms with Gasteiger partial charge in [-0.2, -0.15) is 0 Å². The van der Waals surface area contributed by atoms with Gasteiger partial charge in [-0.25, -0.2) is 17.9 Å². The summed E-state index contributed by atoms with van der Waals surface area (Å²) in [5.41, 5.74) is -1.15. The quantitative estimate of drug-likeness (QED) is 0.457. The number of benzene rings is 2. The predicted molar refractivity (Wildman–Crippen MR) is 116 cm³/mol. The molecule has 0 bridgehead atoms. The molecule has 0 saturated carbocycles. The summed E-state index contributed by atoms with van der Waals surface area (Å²) in [5.74, 6) is 0. The van der Waals surface area contributed by atoms with Crippen molar-refractivity contribution < 1.29 is 28.4 Å². The predicted octanol–water partition coefficient (Wildman–Crippen LogP) is 3.70. The highest BCUT2D eigenvalue weighted by molar-refractivity contribution is 7.89. The molecule has 0 unspecified atom stereocenters. The van der Waals surface area contributed by atoms with Crippen LogP contribution in [0.5, 0.6) is 0 Å². The van der Waals surface area contributed by atoms with Gasteiger partial charge in [0.15, 0.2) is 4.90 Å². The molecule has 0 heterocycles. The minimum Gasteiger partial charge on any atom is -0.444 e. The Morgan fingerprint density at radius 3 is 2.39 bits per heavy atom. The molecule has 1 amide bonds. The fourth-order valence-electron chi connectivity index (χ4n) is 2.41. The van der Waals surface area contributed by atoms with E-state index in [2.05, 4.69) is 0 Å². The van der Waals surface area contributed by atoms with Gasteiger partial charge < -0.3 is 9.64 Å². The zero-order chi connectivity index (χ0) is 26.6. The van der Waals surface area contributed by atoms with Crippen LogP contribution in [-0.4, -0.2) is 43.0 Å². The van der Waals surface area contributed by atoms with Gasteiger partial charge in [0.05, 0.1) is 4.92 Å². The largest absolute Gasteiger partial charge is 0.444 e. The normalized spacial score (nSPS) is 16.1. The average Bonchev–Trinajstić information content (AvgIpc) is 2.75. The second-order valence-electron chi connectivity index (χ2n) is 7.38. The van der Waals surface area contributed by atoms with Crippen molar-refractivity contribution in [1.29, 1.82) is 0 Å². The Bertz CT molecular complexity index is 1160. The van der Waals surface area contributed by atoms with E-state index in [-0.39, 0.29) is 6.54 Å². The first-order valence-corrected chi connectivity index (χ1v) is 10.7. The molecule has 0 radical (unpaired) electrons. The van der Waals surface area contributed by atoms with E-state index in [1.807, 2.05) is 0 Å². The Labute approximate surface area is 187 Å². The lowest BCUT2D eigenvalue weighted by molar-refractivity contribution is -0.387. The van der Waals surface area contributed by atoms with Crippen LogP contribution < -0.4 is 4.72 Å².